The number of rotatable bonds is 13. The van der Waals surface area contributed by atoms with Crippen LogP contribution in [0.1, 0.15) is 29.1 Å². The molecule has 210 valence electrons. The first kappa shape index (κ1) is 34.8. The van der Waals surface area contributed by atoms with Crippen LogP contribution in [0.25, 0.3) is 0 Å². The maximum atomic E-state index is 11.6. The van der Waals surface area contributed by atoms with E-state index < -0.39 is 78.7 Å². The number of esters is 3. The predicted octanol–water partition coefficient (Wildman–Crippen LogP) is -3.75. The minimum absolute atomic E-state index is 0. The summed E-state index contributed by atoms with van der Waals surface area (Å²) in [4.78, 5) is 66.7. The molecule has 0 rings (SSSR count). The molecule has 0 fully saturated rings. The molecule has 0 aliphatic carbocycles. The molecule has 0 aliphatic rings. The number of aliphatic hydroxyl groups excluding tert-OH is 2. The van der Waals surface area contributed by atoms with Crippen molar-refractivity contribution >= 4 is 35.7 Å². The van der Waals surface area contributed by atoms with Gasteiger partial charge in [-0.1, -0.05) is 0 Å². The van der Waals surface area contributed by atoms with Crippen LogP contribution in [-0.4, -0.2) is 115 Å². The number of aliphatic carboxylic acids is 1. The number of hydrogen-bond acceptors (Lipinski definition) is 13. The van der Waals surface area contributed by atoms with Crippen molar-refractivity contribution in [3.63, 3.8) is 0 Å². The van der Waals surface area contributed by atoms with Gasteiger partial charge < -0.3 is 51.2 Å². The second-order valence-corrected chi connectivity index (χ2v) is 7.32. The number of carbonyl (C=O) groups is 6. The lowest BCUT2D eigenvalue weighted by atomic mass is 10.1. The van der Waals surface area contributed by atoms with Crippen molar-refractivity contribution in [3.8, 4) is 0 Å². The van der Waals surface area contributed by atoms with E-state index in [1.165, 1.54) is 20.9 Å². The average molecular weight is 527 g/mol. The molecule has 0 radical (unpaired) electrons. The summed E-state index contributed by atoms with van der Waals surface area (Å²) < 4.78 is 13.7. The van der Waals surface area contributed by atoms with Crippen LogP contribution in [0.5, 0.6) is 0 Å². The summed E-state index contributed by atoms with van der Waals surface area (Å²) in [6.45, 7) is 4.15. The maximum absolute atomic E-state index is 11.6. The third-order valence-electron chi connectivity index (χ3n) is 4.27. The van der Waals surface area contributed by atoms with Crippen LogP contribution in [0.3, 0.4) is 0 Å². The van der Waals surface area contributed by atoms with Gasteiger partial charge in [-0.25, -0.2) is 9.59 Å². The van der Waals surface area contributed by atoms with Gasteiger partial charge >= 0.3 is 23.9 Å². The molecule has 0 unspecified atom stereocenters. The lowest BCUT2D eigenvalue weighted by Crippen LogP contribution is -2.54. The minimum Gasteiger partial charge on any atom is -0.480 e. The van der Waals surface area contributed by atoms with Crippen molar-refractivity contribution < 1.29 is 59.7 Å². The van der Waals surface area contributed by atoms with Crippen molar-refractivity contribution in [1.82, 2.24) is 16.0 Å². The lowest BCUT2D eigenvalue weighted by molar-refractivity contribution is -0.155. The Labute approximate surface area is 209 Å². The van der Waals surface area contributed by atoms with Gasteiger partial charge in [-0.05, 0) is 20.9 Å². The Kier molecular flexibility index (Phi) is 17.4. The van der Waals surface area contributed by atoms with Crippen LogP contribution in [0.2, 0.25) is 0 Å². The van der Waals surface area contributed by atoms with Crippen LogP contribution < -0.4 is 21.7 Å². The van der Waals surface area contributed by atoms with Crippen LogP contribution in [-0.2, 0) is 43.0 Å². The van der Waals surface area contributed by atoms with E-state index in [0.29, 0.717) is 0 Å². The summed E-state index contributed by atoms with van der Waals surface area (Å²) >= 11 is 0. The quantitative estimate of drug-likeness (QED) is 0.0899. The summed E-state index contributed by atoms with van der Waals surface area (Å²) in [6, 6.07) is -4.63. The first-order valence-electron chi connectivity index (χ1n) is 10.6. The number of amides is 2. The molecular formula is C20H38N4O12. The highest BCUT2D eigenvalue weighted by molar-refractivity contribution is 5.88. The highest BCUT2D eigenvalue weighted by atomic mass is 16.5. The average Bonchev–Trinajstić information content (AvgIpc) is 2.78. The second-order valence-electron chi connectivity index (χ2n) is 7.32. The van der Waals surface area contributed by atoms with Gasteiger partial charge in [0.25, 0.3) is 0 Å². The summed E-state index contributed by atoms with van der Waals surface area (Å²) in [6.07, 6.45) is -2.15. The third-order valence-corrected chi connectivity index (χ3v) is 4.27. The summed E-state index contributed by atoms with van der Waals surface area (Å²) in [5.74, 6) is -4.83. The van der Waals surface area contributed by atoms with E-state index in [4.69, 9.17) is 20.7 Å². The van der Waals surface area contributed by atoms with Crippen LogP contribution in [0.4, 0.5) is 0 Å². The van der Waals surface area contributed by atoms with Crippen LogP contribution in [0.15, 0.2) is 0 Å². The molecule has 0 aliphatic heterocycles. The van der Waals surface area contributed by atoms with E-state index in [9.17, 15) is 33.9 Å². The van der Waals surface area contributed by atoms with E-state index >= 15 is 0 Å². The first-order chi connectivity index (χ1) is 16.6. The van der Waals surface area contributed by atoms with E-state index in [2.05, 4.69) is 25.4 Å². The Hall–Kier alpha value is -3.34. The maximum Gasteiger partial charge on any atom is 0.331 e. The highest BCUT2D eigenvalue weighted by Crippen LogP contribution is 2.01. The zero-order valence-electron chi connectivity index (χ0n) is 21.0. The lowest BCUT2D eigenvalue weighted by Gasteiger charge is -2.22. The summed E-state index contributed by atoms with van der Waals surface area (Å²) in [5, 5.41) is 34.1. The van der Waals surface area contributed by atoms with E-state index in [0.717, 1.165) is 21.0 Å². The van der Waals surface area contributed by atoms with Gasteiger partial charge in [0.1, 0.15) is 24.8 Å². The molecule has 0 aromatic rings. The number of aliphatic hydroxyl groups is 2. The number of carbonyl (C=O) groups excluding carboxylic acids is 5. The number of nitrogens with two attached hydrogens (primary N) is 1. The Bertz CT molecular complexity index is 764. The molecule has 0 saturated heterocycles. The topological polar surface area (TPSA) is 253 Å². The fourth-order valence-electron chi connectivity index (χ4n) is 2.32. The molecule has 16 heteroatoms. The van der Waals surface area contributed by atoms with Crippen LogP contribution in [0, 0.1) is 0 Å². The standard InChI is InChI=1S/C11H18N2O7.C9H18N2O5.H2/c1-5(20-7(3)15)9(11(17)18)13-10(16)8(12)4-19-6(2)14;1-5(13)7(9(15)16-3)11-8(14)6(4-12)10-2;/h5,8-9H,4,12H2,1-3H3,(H,13,16)(H,17,18);5-7,10,12-13H,4H2,1-3H3,(H,11,14);1H/t5-,8+,9+;5-,6+,7+;/m11./s1. The number of carboxylic acids is 1. The van der Waals surface area contributed by atoms with Gasteiger partial charge in [-0.15, -0.1) is 0 Å². The SMILES string of the molecule is CC(=O)OC[C@H](N)C(=O)N[C@H](C(=O)O)[C@@H](C)OC(C)=O.CN[C@@H](CO)C(=O)N[C@H](C(=O)OC)[C@@H](C)O.[HH]. The molecule has 0 heterocycles. The Morgan fingerprint density at radius 3 is 1.86 bits per heavy atom. The van der Waals surface area contributed by atoms with Crippen molar-refractivity contribution in [2.75, 3.05) is 27.4 Å². The molecule has 0 saturated carbocycles. The van der Waals surface area contributed by atoms with Crippen molar-refractivity contribution in [2.45, 2.75) is 64.1 Å². The number of hydrogen-bond donors (Lipinski definition) is 7. The molecule has 8 N–H and O–H groups in total. The van der Waals surface area contributed by atoms with Crippen molar-refractivity contribution in [1.29, 1.82) is 0 Å². The molecule has 36 heavy (non-hydrogen) atoms. The highest BCUT2D eigenvalue weighted by Gasteiger charge is 2.31. The normalized spacial score (nSPS) is 15.2. The molecule has 0 aromatic carbocycles. The summed E-state index contributed by atoms with van der Waals surface area (Å²) in [7, 11) is 2.65. The number of ether oxygens (including phenoxy) is 3. The van der Waals surface area contributed by atoms with Gasteiger partial charge in [0.15, 0.2) is 12.1 Å². The fraction of sp³-hybridized carbons (Fsp3) is 0.700. The largest absolute Gasteiger partial charge is 0.480 e. The Balaban J connectivity index is -0.000000623. The number of likely N-dealkylation sites (N-methyl/N-ethyl adjacent to an activating group) is 1. The molecule has 0 spiro atoms. The first-order valence-corrected chi connectivity index (χ1v) is 10.6. The Morgan fingerprint density at radius 2 is 1.50 bits per heavy atom. The number of nitrogens with one attached hydrogen (secondary N) is 3. The van der Waals surface area contributed by atoms with Gasteiger partial charge in [0.05, 0.1) is 19.8 Å². The molecule has 6 atom stereocenters. The smallest absolute Gasteiger partial charge is 0.331 e. The predicted molar refractivity (Wildman–Crippen MR) is 123 cm³/mol. The monoisotopic (exact) mass is 526 g/mol. The molecule has 0 bridgehead atoms. The fourth-order valence-corrected chi connectivity index (χ4v) is 2.32. The molecular weight excluding hydrogens is 488 g/mol. The number of methoxy groups -OCH3 is 1. The van der Waals surface area contributed by atoms with Gasteiger partial charge in [-0.3, -0.25) is 19.2 Å². The molecule has 16 nitrogen and oxygen atoms in total. The zero-order valence-corrected chi connectivity index (χ0v) is 21.0. The van der Waals surface area contributed by atoms with Crippen molar-refractivity contribution in [2.24, 2.45) is 5.73 Å². The van der Waals surface area contributed by atoms with Gasteiger partial charge in [0.2, 0.25) is 11.8 Å². The Morgan fingerprint density at radius 1 is 0.972 bits per heavy atom. The van der Waals surface area contributed by atoms with E-state index in [-0.39, 0.29) is 8.03 Å². The van der Waals surface area contributed by atoms with Gasteiger partial charge in [0, 0.05) is 15.3 Å². The molecule has 2 amide bonds. The van der Waals surface area contributed by atoms with E-state index in [1.54, 1.807) is 0 Å². The van der Waals surface area contributed by atoms with E-state index in [1.807, 2.05) is 0 Å². The summed E-state index contributed by atoms with van der Waals surface area (Å²) in [5.41, 5.74) is 5.43. The van der Waals surface area contributed by atoms with Crippen molar-refractivity contribution in [3.05, 3.63) is 0 Å². The second kappa shape index (κ2) is 18.0. The molecule has 0 aromatic heterocycles. The third kappa shape index (κ3) is 14.1. The number of carboxylic acid groups (broad SMARTS) is 1. The van der Waals surface area contributed by atoms with Gasteiger partial charge in [-0.2, -0.15) is 0 Å². The minimum atomic E-state index is -1.45. The van der Waals surface area contributed by atoms with Crippen LogP contribution >= 0.6 is 0 Å². The zero-order chi connectivity index (χ0) is 28.6.